The number of aromatic carboxylic acids is 1. The molecule has 4 heteroatoms. The van der Waals surface area contributed by atoms with Gasteiger partial charge < -0.3 is 5.11 Å². The number of hydrogen-bond acceptors (Lipinski definition) is 3. The summed E-state index contributed by atoms with van der Waals surface area (Å²) in [7, 11) is 0. The van der Waals surface area contributed by atoms with E-state index in [0.29, 0.717) is 5.69 Å². The first-order valence-corrected chi connectivity index (χ1v) is 3.26. The summed E-state index contributed by atoms with van der Waals surface area (Å²) >= 11 is 0. The normalized spacial score (nSPS) is 9.00. The van der Waals surface area contributed by atoms with Crippen LogP contribution in [0.25, 0.3) is 0 Å². The van der Waals surface area contributed by atoms with Crippen LogP contribution in [0.1, 0.15) is 21.6 Å². The Morgan fingerprint density at radius 3 is 2.83 bits per heavy atom. The van der Waals surface area contributed by atoms with Crippen LogP contribution >= 0.6 is 0 Å². The smallest absolute Gasteiger partial charge is 0.337 e. The maximum Gasteiger partial charge on any atom is 0.337 e. The van der Waals surface area contributed by atoms with Gasteiger partial charge in [0.25, 0.3) is 0 Å². The van der Waals surface area contributed by atoms with Gasteiger partial charge in [-0.1, -0.05) is 0 Å². The van der Waals surface area contributed by atoms with Gasteiger partial charge in [-0.3, -0.25) is 4.98 Å². The highest BCUT2D eigenvalue weighted by molar-refractivity contribution is 5.90. The largest absolute Gasteiger partial charge is 0.478 e. The molecule has 1 N–H and O–H groups in total. The fourth-order valence-electron chi connectivity index (χ4n) is 0.886. The van der Waals surface area contributed by atoms with Crippen molar-refractivity contribution < 1.29 is 9.90 Å². The maximum atomic E-state index is 10.6. The number of nitriles is 1. The second-order valence-electron chi connectivity index (χ2n) is 2.24. The second kappa shape index (κ2) is 3.01. The number of carbonyl (C=O) groups is 1. The molecule has 0 amide bonds. The molecule has 0 saturated heterocycles. The van der Waals surface area contributed by atoms with Gasteiger partial charge in [0.1, 0.15) is 6.07 Å². The quantitative estimate of drug-likeness (QED) is 0.667. The van der Waals surface area contributed by atoms with E-state index >= 15 is 0 Å². The van der Waals surface area contributed by atoms with E-state index in [1.807, 2.05) is 0 Å². The van der Waals surface area contributed by atoms with E-state index in [4.69, 9.17) is 10.4 Å². The maximum absolute atomic E-state index is 10.6. The van der Waals surface area contributed by atoms with Crippen LogP contribution in [0.2, 0.25) is 0 Å². The van der Waals surface area contributed by atoms with Crippen molar-refractivity contribution in [1.29, 1.82) is 5.26 Å². The van der Waals surface area contributed by atoms with Gasteiger partial charge in [0, 0.05) is 6.20 Å². The Kier molecular flexibility index (Phi) is 2.06. The minimum atomic E-state index is -1.10. The first kappa shape index (κ1) is 8.21. The van der Waals surface area contributed by atoms with E-state index in [2.05, 4.69) is 4.98 Å². The molecule has 0 spiro atoms. The molecule has 0 aliphatic rings. The van der Waals surface area contributed by atoms with Gasteiger partial charge in [0.05, 0.1) is 16.8 Å². The van der Waals surface area contributed by atoms with Crippen molar-refractivity contribution in [2.24, 2.45) is 0 Å². The lowest BCUT2D eigenvalue weighted by atomic mass is 10.1. The van der Waals surface area contributed by atoms with Crippen LogP contribution in [0.3, 0.4) is 0 Å². The minimum Gasteiger partial charge on any atom is -0.478 e. The molecule has 1 aromatic rings. The predicted molar refractivity (Wildman–Crippen MR) is 40.6 cm³/mol. The fraction of sp³-hybridized carbons (Fsp3) is 0.125. The minimum absolute atomic E-state index is 0.00463. The van der Waals surface area contributed by atoms with E-state index in [1.54, 1.807) is 13.0 Å². The highest BCUT2D eigenvalue weighted by Gasteiger charge is 2.11. The summed E-state index contributed by atoms with van der Waals surface area (Å²) in [5, 5.41) is 17.2. The Labute approximate surface area is 69.1 Å². The van der Waals surface area contributed by atoms with Crippen molar-refractivity contribution in [3.63, 3.8) is 0 Å². The van der Waals surface area contributed by atoms with Gasteiger partial charge in [-0.2, -0.15) is 5.26 Å². The number of hydrogen-bond donors (Lipinski definition) is 1. The molecule has 1 aromatic heterocycles. The van der Waals surface area contributed by atoms with Crippen molar-refractivity contribution in [3.05, 3.63) is 29.1 Å². The zero-order chi connectivity index (χ0) is 9.14. The molecule has 4 nitrogen and oxygen atoms in total. The Balaban J connectivity index is 3.40. The van der Waals surface area contributed by atoms with Gasteiger partial charge in [0.15, 0.2) is 0 Å². The first-order valence-electron chi connectivity index (χ1n) is 3.26. The summed E-state index contributed by atoms with van der Waals surface area (Å²) in [5.41, 5.74) is 0.576. The molecule has 1 rings (SSSR count). The average molecular weight is 162 g/mol. The summed E-state index contributed by atoms with van der Waals surface area (Å²) in [6, 6.07) is 3.12. The van der Waals surface area contributed by atoms with Gasteiger partial charge in [-0.05, 0) is 13.0 Å². The summed E-state index contributed by atoms with van der Waals surface area (Å²) < 4.78 is 0. The van der Waals surface area contributed by atoms with Crippen molar-refractivity contribution in [2.45, 2.75) is 6.92 Å². The molecular weight excluding hydrogens is 156 g/mol. The molecule has 0 radical (unpaired) electrons. The summed E-state index contributed by atoms with van der Waals surface area (Å²) in [6.07, 6.45) is 1.37. The Hall–Kier alpha value is -1.89. The van der Waals surface area contributed by atoms with Gasteiger partial charge in [-0.25, -0.2) is 4.79 Å². The molecule has 0 aromatic carbocycles. The third kappa shape index (κ3) is 1.25. The topological polar surface area (TPSA) is 74.0 Å². The Morgan fingerprint density at radius 2 is 2.42 bits per heavy atom. The predicted octanol–water partition coefficient (Wildman–Crippen LogP) is 0.960. The Morgan fingerprint density at radius 1 is 1.75 bits per heavy atom. The van der Waals surface area contributed by atoms with E-state index in [9.17, 15) is 4.79 Å². The zero-order valence-corrected chi connectivity index (χ0v) is 6.40. The number of aromatic nitrogens is 1. The van der Waals surface area contributed by atoms with Crippen molar-refractivity contribution >= 4 is 5.97 Å². The molecule has 0 fully saturated rings. The number of aryl methyl sites for hydroxylation is 1. The molecular formula is C8H6N2O2. The van der Waals surface area contributed by atoms with Gasteiger partial charge in [0.2, 0.25) is 0 Å². The number of nitrogens with zero attached hydrogens (tertiary/aromatic N) is 2. The SMILES string of the molecule is Cc1nccc(C(=O)O)c1C#N. The average Bonchev–Trinajstić information content (AvgIpc) is 2.03. The molecule has 60 valence electrons. The summed E-state index contributed by atoms with van der Waals surface area (Å²) in [6.45, 7) is 1.60. The second-order valence-corrected chi connectivity index (χ2v) is 2.24. The highest BCUT2D eigenvalue weighted by Crippen LogP contribution is 2.09. The van der Waals surface area contributed by atoms with E-state index in [1.165, 1.54) is 12.3 Å². The number of carboxylic acid groups (broad SMARTS) is 1. The zero-order valence-electron chi connectivity index (χ0n) is 6.40. The van der Waals surface area contributed by atoms with Crippen LogP contribution in [0.4, 0.5) is 0 Å². The van der Waals surface area contributed by atoms with E-state index in [-0.39, 0.29) is 11.1 Å². The molecule has 0 saturated carbocycles. The lowest BCUT2D eigenvalue weighted by molar-refractivity contribution is 0.0696. The monoisotopic (exact) mass is 162 g/mol. The third-order valence-electron chi connectivity index (χ3n) is 1.48. The van der Waals surface area contributed by atoms with Crippen LogP contribution in [0.15, 0.2) is 12.3 Å². The highest BCUT2D eigenvalue weighted by atomic mass is 16.4. The van der Waals surface area contributed by atoms with Crippen LogP contribution < -0.4 is 0 Å². The molecule has 0 aliphatic heterocycles. The van der Waals surface area contributed by atoms with Gasteiger partial charge in [-0.15, -0.1) is 0 Å². The molecule has 0 atom stereocenters. The van der Waals surface area contributed by atoms with Crippen LogP contribution in [-0.2, 0) is 0 Å². The van der Waals surface area contributed by atoms with Crippen LogP contribution in [0, 0.1) is 18.3 Å². The van der Waals surface area contributed by atoms with Crippen molar-refractivity contribution in [2.75, 3.05) is 0 Å². The van der Waals surface area contributed by atoms with Crippen LogP contribution in [0.5, 0.6) is 0 Å². The van der Waals surface area contributed by atoms with Crippen LogP contribution in [-0.4, -0.2) is 16.1 Å². The molecule has 0 bridgehead atoms. The fourth-order valence-corrected chi connectivity index (χ4v) is 0.886. The lowest BCUT2D eigenvalue weighted by Gasteiger charge is -1.98. The molecule has 12 heavy (non-hydrogen) atoms. The lowest BCUT2D eigenvalue weighted by Crippen LogP contribution is -2.02. The van der Waals surface area contributed by atoms with E-state index < -0.39 is 5.97 Å². The molecule has 0 aliphatic carbocycles. The van der Waals surface area contributed by atoms with Gasteiger partial charge >= 0.3 is 5.97 Å². The number of rotatable bonds is 1. The molecule has 1 heterocycles. The number of carboxylic acids is 1. The number of pyridine rings is 1. The third-order valence-corrected chi connectivity index (χ3v) is 1.48. The molecule has 0 unspecified atom stereocenters. The summed E-state index contributed by atoms with van der Waals surface area (Å²) in [4.78, 5) is 14.4. The summed E-state index contributed by atoms with van der Waals surface area (Å²) in [5.74, 6) is -1.10. The van der Waals surface area contributed by atoms with Crippen molar-refractivity contribution in [3.8, 4) is 6.07 Å². The standard InChI is InChI=1S/C8H6N2O2/c1-5-7(4-9)6(8(11)12)2-3-10-5/h2-3H,1H3,(H,11,12). The van der Waals surface area contributed by atoms with E-state index in [0.717, 1.165) is 0 Å². The van der Waals surface area contributed by atoms with Crippen molar-refractivity contribution in [1.82, 2.24) is 4.98 Å². The first-order chi connectivity index (χ1) is 5.66. The Bertz CT molecular complexity index is 366.